The predicted molar refractivity (Wildman–Crippen MR) is 127 cm³/mol. The van der Waals surface area contributed by atoms with E-state index in [0.717, 1.165) is 0 Å². The summed E-state index contributed by atoms with van der Waals surface area (Å²) in [6.45, 7) is 6.01. The molecule has 8 heteroatoms. The first-order valence-corrected chi connectivity index (χ1v) is 10.8. The molecule has 34 heavy (non-hydrogen) atoms. The lowest BCUT2D eigenvalue weighted by molar-refractivity contribution is -0.136. The molecule has 1 amide bonds. The van der Waals surface area contributed by atoms with Crippen LogP contribution in [0.5, 0.6) is 11.5 Å². The molecular weight excluding hydrogens is 438 g/mol. The van der Waals surface area contributed by atoms with Crippen molar-refractivity contribution >= 4 is 29.6 Å². The molecular formula is C26H27NO7. The molecule has 0 atom stereocenters. The Kier molecular flexibility index (Phi) is 7.73. The van der Waals surface area contributed by atoms with Gasteiger partial charge in [0, 0.05) is 11.4 Å². The Balaban J connectivity index is 2.04. The molecule has 2 aromatic carbocycles. The highest BCUT2D eigenvalue weighted by molar-refractivity contribution is 6.23. The van der Waals surface area contributed by atoms with E-state index in [0.29, 0.717) is 40.6 Å². The highest BCUT2D eigenvalue weighted by Gasteiger charge is 2.38. The lowest BCUT2D eigenvalue weighted by Gasteiger charge is -2.18. The predicted octanol–water partition coefficient (Wildman–Crippen LogP) is 4.15. The molecule has 1 aliphatic rings. The Bertz CT molecular complexity index is 1160. The molecule has 1 aliphatic heterocycles. The maximum Gasteiger partial charge on any atom is 0.340 e. The number of hydrogen-bond acceptors (Lipinski definition) is 7. The van der Waals surface area contributed by atoms with E-state index in [1.54, 1.807) is 62.4 Å². The van der Waals surface area contributed by atoms with Crippen molar-refractivity contribution in [3.8, 4) is 11.5 Å². The van der Waals surface area contributed by atoms with Crippen LogP contribution in [0.2, 0.25) is 0 Å². The Hall–Kier alpha value is -4.07. The summed E-state index contributed by atoms with van der Waals surface area (Å²) >= 11 is 0. The first kappa shape index (κ1) is 24.6. The number of carbonyl (C=O) groups excluding carboxylic acids is 3. The van der Waals surface area contributed by atoms with Crippen LogP contribution in [0.3, 0.4) is 0 Å². The molecule has 1 heterocycles. The van der Waals surface area contributed by atoms with Crippen LogP contribution in [-0.2, 0) is 19.1 Å². The average molecular weight is 466 g/mol. The van der Waals surface area contributed by atoms with Crippen LogP contribution < -0.4 is 14.4 Å². The zero-order chi connectivity index (χ0) is 24.8. The summed E-state index contributed by atoms with van der Waals surface area (Å²) in [5.41, 5.74) is 2.29. The standard InChI is InChI=1S/C26H27NO7/c1-6-33-21-13-8-17(15-22(21)31-4)14-20-23(26(30)32-5)16(3)27(24(20)28)19-11-9-18(10-12-19)25(29)34-7-2/h8-15H,6-7H2,1-5H3/b20-14-. The summed E-state index contributed by atoms with van der Waals surface area (Å²) in [5.74, 6) is -0.383. The normalized spacial score (nSPS) is 14.4. The van der Waals surface area contributed by atoms with E-state index in [1.807, 2.05) is 6.92 Å². The van der Waals surface area contributed by atoms with E-state index >= 15 is 0 Å². The van der Waals surface area contributed by atoms with Gasteiger partial charge in [-0.1, -0.05) is 6.07 Å². The van der Waals surface area contributed by atoms with Crippen LogP contribution in [0.15, 0.2) is 59.3 Å². The number of carbonyl (C=O) groups is 3. The first-order chi connectivity index (χ1) is 16.4. The van der Waals surface area contributed by atoms with Crippen molar-refractivity contribution in [3.05, 3.63) is 70.4 Å². The van der Waals surface area contributed by atoms with Gasteiger partial charge in [0.2, 0.25) is 0 Å². The van der Waals surface area contributed by atoms with Gasteiger partial charge in [-0.25, -0.2) is 9.59 Å². The minimum absolute atomic E-state index is 0.162. The second kappa shape index (κ2) is 10.7. The number of hydrogen-bond donors (Lipinski definition) is 0. The van der Waals surface area contributed by atoms with Gasteiger partial charge >= 0.3 is 11.9 Å². The number of methoxy groups -OCH3 is 2. The zero-order valence-corrected chi connectivity index (χ0v) is 19.8. The van der Waals surface area contributed by atoms with Gasteiger partial charge in [-0.05, 0) is 68.8 Å². The van der Waals surface area contributed by atoms with Crippen LogP contribution in [-0.4, -0.2) is 45.3 Å². The number of rotatable bonds is 8. The summed E-state index contributed by atoms with van der Waals surface area (Å²) in [4.78, 5) is 39.4. The number of benzene rings is 2. The third-order valence-electron chi connectivity index (χ3n) is 5.22. The Morgan fingerprint density at radius 1 is 0.941 bits per heavy atom. The fourth-order valence-corrected chi connectivity index (χ4v) is 3.67. The van der Waals surface area contributed by atoms with Crippen molar-refractivity contribution in [1.29, 1.82) is 0 Å². The lowest BCUT2D eigenvalue weighted by Crippen LogP contribution is -2.24. The third kappa shape index (κ3) is 4.80. The number of esters is 2. The van der Waals surface area contributed by atoms with Crippen molar-refractivity contribution in [2.24, 2.45) is 0 Å². The summed E-state index contributed by atoms with van der Waals surface area (Å²) in [5, 5.41) is 0. The molecule has 0 aliphatic carbocycles. The van der Waals surface area contributed by atoms with Gasteiger partial charge < -0.3 is 18.9 Å². The monoisotopic (exact) mass is 465 g/mol. The number of amides is 1. The highest BCUT2D eigenvalue weighted by atomic mass is 16.5. The minimum atomic E-state index is -0.624. The minimum Gasteiger partial charge on any atom is -0.493 e. The maximum atomic E-state index is 13.5. The van der Waals surface area contributed by atoms with Crippen molar-refractivity contribution in [3.63, 3.8) is 0 Å². The van der Waals surface area contributed by atoms with Gasteiger partial charge in [0.25, 0.3) is 5.91 Å². The van der Waals surface area contributed by atoms with E-state index in [-0.39, 0.29) is 17.8 Å². The number of nitrogens with zero attached hydrogens (tertiary/aromatic N) is 1. The first-order valence-electron chi connectivity index (χ1n) is 10.8. The quantitative estimate of drug-likeness (QED) is 0.427. The molecule has 0 N–H and O–H groups in total. The van der Waals surface area contributed by atoms with Crippen molar-refractivity contribution < 1.29 is 33.3 Å². The topological polar surface area (TPSA) is 91.4 Å². The summed E-state index contributed by atoms with van der Waals surface area (Å²) in [7, 11) is 2.79. The molecule has 3 rings (SSSR count). The third-order valence-corrected chi connectivity index (χ3v) is 5.22. The maximum absolute atomic E-state index is 13.5. The molecule has 0 fully saturated rings. The Morgan fingerprint density at radius 3 is 2.24 bits per heavy atom. The van der Waals surface area contributed by atoms with Gasteiger partial charge in [-0.15, -0.1) is 0 Å². The van der Waals surface area contributed by atoms with Crippen LogP contribution >= 0.6 is 0 Å². The Morgan fingerprint density at radius 2 is 1.65 bits per heavy atom. The molecule has 0 radical (unpaired) electrons. The van der Waals surface area contributed by atoms with E-state index in [1.165, 1.54) is 19.1 Å². The highest BCUT2D eigenvalue weighted by Crippen LogP contribution is 2.36. The fraction of sp³-hybridized carbons (Fsp3) is 0.269. The van der Waals surface area contributed by atoms with Crippen LogP contribution in [0.1, 0.15) is 36.7 Å². The summed E-state index contributed by atoms with van der Waals surface area (Å²) < 4.78 is 20.9. The van der Waals surface area contributed by atoms with Crippen molar-refractivity contribution in [2.75, 3.05) is 32.3 Å². The second-order valence-corrected chi connectivity index (χ2v) is 7.26. The van der Waals surface area contributed by atoms with Crippen LogP contribution in [0, 0.1) is 0 Å². The molecule has 0 spiro atoms. The van der Waals surface area contributed by atoms with Gasteiger partial charge in [0.1, 0.15) is 0 Å². The zero-order valence-electron chi connectivity index (χ0n) is 19.8. The Labute approximate surface area is 198 Å². The molecule has 2 aromatic rings. The lowest BCUT2D eigenvalue weighted by atomic mass is 10.0. The largest absolute Gasteiger partial charge is 0.493 e. The van der Waals surface area contributed by atoms with E-state index in [2.05, 4.69) is 0 Å². The van der Waals surface area contributed by atoms with E-state index in [4.69, 9.17) is 18.9 Å². The van der Waals surface area contributed by atoms with E-state index in [9.17, 15) is 14.4 Å². The molecule has 0 aromatic heterocycles. The fourth-order valence-electron chi connectivity index (χ4n) is 3.67. The van der Waals surface area contributed by atoms with Gasteiger partial charge in [-0.2, -0.15) is 0 Å². The van der Waals surface area contributed by atoms with Gasteiger partial charge in [0.15, 0.2) is 11.5 Å². The average Bonchev–Trinajstić information content (AvgIpc) is 3.08. The summed E-state index contributed by atoms with van der Waals surface area (Å²) in [6, 6.07) is 11.7. The molecule has 0 saturated carbocycles. The molecule has 8 nitrogen and oxygen atoms in total. The van der Waals surface area contributed by atoms with Gasteiger partial charge in [0.05, 0.1) is 44.1 Å². The number of allylic oxidation sites excluding steroid dienone is 1. The van der Waals surface area contributed by atoms with Crippen molar-refractivity contribution in [1.82, 2.24) is 0 Å². The van der Waals surface area contributed by atoms with E-state index < -0.39 is 17.8 Å². The van der Waals surface area contributed by atoms with Crippen LogP contribution in [0.4, 0.5) is 5.69 Å². The molecule has 0 saturated heterocycles. The summed E-state index contributed by atoms with van der Waals surface area (Å²) in [6.07, 6.45) is 1.61. The number of ether oxygens (including phenoxy) is 4. The molecule has 0 bridgehead atoms. The second-order valence-electron chi connectivity index (χ2n) is 7.26. The van der Waals surface area contributed by atoms with Crippen LogP contribution in [0.25, 0.3) is 6.08 Å². The number of anilines is 1. The van der Waals surface area contributed by atoms with Gasteiger partial charge in [-0.3, -0.25) is 9.69 Å². The smallest absolute Gasteiger partial charge is 0.340 e. The molecule has 178 valence electrons. The molecule has 0 unspecified atom stereocenters. The SMILES string of the molecule is CCOC(=O)c1ccc(N2C(=O)/C(=C\c3ccc(OCC)c(OC)c3)C(C(=O)OC)=C2C)cc1. The van der Waals surface area contributed by atoms with Crippen molar-refractivity contribution in [2.45, 2.75) is 20.8 Å².